The normalized spacial score (nSPS) is 26.7. The Morgan fingerprint density at radius 3 is 2.58 bits per heavy atom. The maximum Gasteiger partial charge on any atom is 0.137 e. The zero-order valence-corrected chi connectivity index (χ0v) is 13.1. The molecule has 106 valence electrons. The Balaban J connectivity index is 2.19. The third-order valence-electron chi connectivity index (χ3n) is 4.39. The van der Waals surface area contributed by atoms with Gasteiger partial charge in [-0.15, -0.1) is 0 Å². The minimum absolute atomic E-state index is 0.508. The first-order valence-corrected chi connectivity index (χ1v) is 7.70. The predicted octanol–water partition coefficient (Wildman–Crippen LogP) is 4.24. The molecule has 1 aliphatic carbocycles. The molecule has 0 spiro atoms. The van der Waals surface area contributed by atoms with E-state index in [0.29, 0.717) is 17.1 Å². The minimum Gasteiger partial charge on any atom is -0.367 e. The molecule has 3 atom stereocenters. The molecule has 0 amide bonds. The summed E-state index contributed by atoms with van der Waals surface area (Å²) in [6.45, 7) is 8.77. The fraction of sp³-hybridized carbons (Fsp3) is 0.733. The monoisotopic (exact) mass is 281 g/mol. The van der Waals surface area contributed by atoms with Crippen LogP contribution in [-0.4, -0.2) is 16.0 Å². The van der Waals surface area contributed by atoms with E-state index < -0.39 is 0 Å². The molecule has 3 unspecified atom stereocenters. The fourth-order valence-corrected chi connectivity index (χ4v) is 2.94. The number of anilines is 1. The smallest absolute Gasteiger partial charge is 0.137 e. The number of hydrogen-bond acceptors (Lipinski definition) is 3. The van der Waals surface area contributed by atoms with Crippen molar-refractivity contribution < 1.29 is 0 Å². The van der Waals surface area contributed by atoms with E-state index in [1.165, 1.54) is 12.8 Å². The lowest BCUT2D eigenvalue weighted by atomic mass is 9.98. The van der Waals surface area contributed by atoms with Crippen molar-refractivity contribution in [2.24, 2.45) is 11.8 Å². The van der Waals surface area contributed by atoms with Crippen LogP contribution in [0, 0.1) is 18.8 Å². The molecule has 1 N–H and O–H groups in total. The highest BCUT2D eigenvalue weighted by Crippen LogP contribution is 2.34. The molecule has 4 heteroatoms. The van der Waals surface area contributed by atoms with E-state index in [0.717, 1.165) is 36.0 Å². The standard InChI is InChI=1S/C15H24ClN3/c1-5-6-13-18-14(16)11(4)15(19-13)17-12-8-7-9(2)10(12)3/h9-10,12H,5-8H2,1-4H3,(H,17,18,19). The summed E-state index contributed by atoms with van der Waals surface area (Å²) in [6.07, 6.45) is 4.42. The van der Waals surface area contributed by atoms with Crippen LogP contribution in [0.5, 0.6) is 0 Å². The van der Waals surface area contributed by atoms with E-state index in [4.69, 9.17) is 11.6 Å². The molecule has 0 bridgehead atoms. The number of nitrogens with one attached hydrogen (secondary N) is 1. The van der Waals surface area contributed by atoms with Gasteiger partial charge in [0, 0.05) is 18.0 Å². The third-order valence-corrected chi connectivity index (χ3v) is 4.76. The number of aryl methyl sites for hydroxylation is 1. The van der Waals surface area contributed by atoms with Crippen LogP contribution in [0.15, 0.2) is 0 Å². The van der Waals surface area contributed by atoms with E-state index in [9.17, 15) is 0 Å². The van der Waals surface area contributed by atoms with Gasteiger partial charge in [-0.25, -0.2) is 9.97 Å². The van der Waals surface area contributed by atoms with Gasteiger partial charge < -0.3 is 5.32 Å². The van der Waals surface area contributed by atoms with E-state index in [-0.39, 0.29) is 0 Å². The summed E-state index contributed by atoms with van der Waals surface area (Å²) in [5.74, 6) is 3.24. The predicted molar refractivity (Wildman–Crippen MR) is 80.7 cm³/mol. The second-order valence-corrected chi connectivity index (χ2v) is 6.18. The van der Waals surface area contributed by atoms with Crippen LogP contribution >= 0.6 is 11.6 Å². The van der Waals surface area contributed by atoms with Crippen molar-refractivity contribution in [2.75, 3.05) is 5.32 Å². The van der Waals surface area contributed by atoms with Gasteiger partial charge in [-0.2, -0.15) is 0 Å². The van der Waals surface area contributed by atoms with Crippen molar-refractivity contribution in [1.29, 1.82) is 0 Å². The molecular formula is C15H24ClN3. The first-order chi connectivity index (χ1) is 9.02. The Morgan fingerprint density at radius 2 is 2.00 bits per heavy atom. The van der Waals surface area contributed by atoms with Crippen molar-refractivity contribution in [3.63, 3.8) is 0 Å². The summed E-state index contributed by atoms with van der Waals surface area (Å²) in [6, 6.07) is 0.508. The fourth-order valence-electron chi connectivity index (χ4n) is 2.75. The molecule has 1 heterocycles. The molecular weight excluding hydrogens is 258 g/mol. The highest BCUT2D eigenvalue weighted by Gasteiger charge is 2.30. The largest absolute Gasteiger partial charge is 0.367 e. The van der Waals surface area contributed by atoms with Crippen molar-refractivity contribution in [1.82, 2.24) is 9.97 Å². The quantitative estimate of drug-likeness (QED) is 0.839. The van der Waals surface area contributed by atoms with Gasteiger partial charge in [0.15, 0.2) is 0 Å². The Labute approximate surface area is 121 Å². The summed E-state index contributed by atoms with van der Waals surface area (Å²) < 4.78 is 0. The van der Waals surface area contributed by atoms with Crippen molar-refractivity contribution in [3.8, 4) is 0 Å². The van der Waals surface area contributed by atoms with E-state index in [1.54, 1.807) is 0 Å². The molecule has 1 fully saturated rings. The summed E-state index contributed by atoms with van der Waals surface area (Å²) >= 11 is 6.21. The van der Waals surface area contributed by atoms with Crippen LogP contribution in [0.4, 0.5) is 5.82 Å². The number of halogens is 1. The van der Waals surface area contributed by atoms with Gasteiger partial charge in [0.1, 0.15) is 16.8 Å². The topological polar surface area (TPSA) is 37.8 Å². The molecule has 0 saturated heterocycles. The molecule has 0 aliphatic heterocycles. The van der Waals surface area contributed by atoms with Gasteiger partial charge in [0.05, 0.1) is 0 Å². The van der Waals surface area contributed by atoms with Gasteiger partial charge in [-0.05, 0) is 38.0 Å². The average molecular weight is 282 g/mol. The third kappa shape index (κ3) is 3.19. The van der Waals surface area contributed by atoms with Crippen LogP contribution in [-0.2, 0) is 6.42 Å². The molecule has 1 aromatic rings. The van der Waals surface area contributed by atoms with E-state index in [2.05, 4.69) is 36.1 Å². The van der Waals surface area contributed by atoms with Crippen molar-refractivity contribution in [3.05, 3.63) is 16.5 Å². The molecule has 1 aromatic heterocycles. The molecule has 0 radical (unpaired) electrons. The highest BCUT2D eigenvalue weighted by atomic mass is 35.5. The molecule has 2 rings (SSSR count). The first kappa shape index (κ1) is 14.6. The lowest BCUT2D eigenvalue weighted by molar-refractivity contribution is 0.435. The van der Waals surface area contributed by atoms with Gasteiger partial charge in [0.2, 0.25) is 0 Å². The Kier molecular flexibility index (Phi) is 4.67. The highest BCUT2D eigenvalue weighted by molar-refractivity contribution is 6.30. The molecule has 0 aromatic carbocycles. The SMILES string of the molecule is CCCc1nc(Cl)c(C)c(NC2CCC(C)C2C)n1. The summed E-state index contributed by atoms with van der Waals surface area (Å²) in [4.78, 5) is 8.99. The van der Waals surface area contributed by atoms with Gasteiger partial charge in [0.25, 0.3) is 0 Å². The van der Waals surface area contributed by atoms with Gasteiger partial charge in [-0.3, -0.25) is 0 Å². The number of hydrogen-bond donors (Lipinski definition) is 1. The molecule has 3 nitrogen and oxygen atoms in total. The second kappa shape index (κ2) is 6.08. The summed E-state index contributed by atoms with van der Waals surface area (Å²) in [5.41, 5.74) is 0.966. The van der Waals surface area contributed by atoms with Gasteiger partial charge >= 0.3 is 0 Å². The van der Waals surface area contributed by atoms with Crippen LogP contribution in [0.1, 0.15) is 51.4 Å². The molecule has 1 aliphatic rings. The van der Waals surface area contributed by atoms with E-state index >= 15 is 0 Å². The Morgan fingerprint density at radius 1 is 1.26 bits per heavy atom. The Bertz CT molecular complexity index is 447. The van der Waals surface area contributed by atoms with Crippen LogP contribution in [0.25, 0.3) is 0 Å². The van der Waals surface area contributed by atoms with Gasteiger partial charge in [-0.1, -0.05) is 32.4 Å². The lowest BCUT2D eigenvalue weighted by Crippen LogP contribution is -2.25. The zero-order valence-electron chi connectivity index (χ0n) is 12.3. The maximum atomic E-state index is 6.21. The average Bonchev–Trinajstić information content (AvgIpc) is 2.67. The number of rotatable bonds is 4. The zero-order chi connectivity index (χ0) is 14.0. The number of nitrogens with zero attached hydrogens (tertiary/aromatic N) is 2. The minimum atomic E-state index is 0.508. The van der Waals surface area contributed by atoms with Crippen molar-refractivity contribution in [2.45, 2.75) is 59.4 Å². The second-order valence-electron chi connectivity index (χ2n) is 5.82. The van der Waals surface area contributed by atoms with Crippen LogP contribution in [0.2, 0.25) is 5.15 Å². The number of aromatic nitrogens is 2. The van der Waals surface area contributed by atoms with Crippen LogP contribution < -0.4 is 5.32 Å². The van der Waals surface area contributed by atoms with Crippen molar-refractivity contribution >= 4 is 17.4 Å². The summed E-state index contributed by atoms with van der Waals surface area (Å²) in [7, 11) is 0. The van der Waals surface area contributed by atoms with Crippen LogP contribution in [0.3, 0.4) is 0 Å². The maximum absolute atomic E-state index is 6.21. The first-order valence-electron chi connectivity index (χ1n) is 7.32. The lowest BCUT2D eigenvalue weighted by Gasteiger charge is -2.21. The summed E-state index contributed by atoms with van der Waals surface area (Å²) in [5, 5.41) is 4.18. The molecule has 1 saturated carbocycles. The van der Waals surface area contributed by atoms with E-state index in [1.807, 2.05) is 6.92 Å². The molecule has 19 heavy (non-hydrogen) atoms. The Hall–Kier alpha value is -0.830.